The summed E-state index contributed by atoms with van der Waals surface area (Å²) < 4.78 is 1.86. The van der Waals surface area contributed by atoms with E-state index in [4.69, 9.17) is 17.3 Å². The smallest absolute Gasteiger partial charge is 0.0837 e. The van der Waals surface area contributed by atoms with Crippen LogP contribution in [0.3, 0.4) is 0 Å². The van der Waals surface area contributed by atoms with Gasteiger partial charge in [0.2, 0.25) is 0 Å². The van der Waals surface area contributed by atoms with E-state index in [9.17, 15) is 0 Å². The SMILES string of the molecule is CCc1ccc(C(N)c2c(Cl)cnn2CC)s1. The number of nitrogens with zero attached hydrogens (tertiary/aromatic N) is 2. The molecule has 0 spiro atoms. The van der Waals surface area contributed by atoms with Gasteiger partial charge in [0, 0.05) is 16.3 Å². The fraction of sp³-hybridized carbons (Fsp3) is 0.417. The number of aromatic nitrogens is 2. The maximum Gasteiger partial charge on any atom is 0.0837 e. The first-order valence-corrected chi connectivity index (χ1v) is 6.92. The van der Waals surface area contributed by atoms with Gasteiger partial charge in [-0.25, -0.2) is 0 Å². The van der Waals surface area contributed by atoms with E-state index in [2.05, 4.69) is 24.2 Å². The number of hydrogen-bond acceptors (Lipinski definition) is 3. The van der Waals surface area contributed by atoms with Crippen molar-refractivity contribution in [1.82, 2.24) is 9.78 Å². The molecule has 0 aliphatic carbocycles. The molecule has 0 fully saturated rings. The second-order valence-electron chi connectivity index (χ2n) is 3.83. The van der Waals surface area contributed by atoms with Crippen LogP contribution in [0.15, 0.2) is 18.3 Å². The van der Waals surface area contributed by atoms with Gasteiger partial charge in [-0.05, 0) is 25.5 Å². The van der Waals surface area contributed by atoms with Crippen molar-refractivity contribution in [2.24, 2.45) is 5.73 Å². The van der Waals surface area contributed by atoms with Crippen LogP contribution >= 0.6 is 22.9 Å². The molecule has 1 atom stereocenters. The van der Waals surface area contributed by atoms with Gasteiger partial charge < -0.3 is 5.73 Å². The van der Waals surface area contributed by atoms with Gasteiger partial charge in [0.25, 0.3) is 0 Å². The van der Waals surface area contributed by atoms with E-state index in [1.165, 1.54) is 4.88 Å². The lowest BCUT2D eigenvalue weighted by atomic mass is 10.2. The van der Waals surface area contributed by atoms with Gasteiger partial charge in [0.1, 0.15) is 0 Å². The molecule has 92 valence electrons. The molecule has 5 heteroatoms. The lowest BCUT2D eigenvalue weighted by molar-refractivity contribution is 0.603. The molecule has 0 aromatic carbocycles. The Morgan fingerprint density at radius 3 is 2.82 bits per heavy atom. The largest absolute Gasteiger partial charge is 0.318 e. The molecule has 17 heavy (non-hydrogen) atoms. The summed E-state index contributed by atoms with van der Waals surface area (Å²) in [6, 6.07) is 4.02. The van der Waals surface area contributed by atoms with Crippen molar-refractivity contribution in [2.75, 3.05) is 0 Å². The van der Waals surface area contributed by atoms with Crippen molar-refractivity contribution in [3.8, 4) is 0 Å². The summed E-state index contributed by atoms with van der Waals surface area (Å²) in [7, 11) is 0. The summed E-state index contributed by atoms with van der Waals surface area (Å²) in [6.07, 6.45) is 2.70. The van der Waals surface area contributed by atoms with Crippen molar-refractivity contribution < 1.29 is 0 Å². The van der Waals surface area contributed by atoms with E-state index >= 15 is 0 Å². The average molecular weight is 270 g/mol. The Morgan fingerprint density at radius 2 is 2.24 bits per heavy atom. The summed E-state index contributed by atoms with van der Waals surface area (Å²) in [6.45, 7) is 4.96. The second kappa shape index (κ2) is 5.21. The van der Waals surface area contributed by atoms with E-state index in [0.29, 0.717) is 5.02 Å². The molecule has 3 nitrogen and oxygen atoms in total. The molecule has 0 saturated heterocycles. The molecular weight excluding hydrogens is 254 g/mol. The van der Waals surface area contributed by atoms with Crippen molar-refractivity contribution in [3.63, 3.8) is 0 Å². The van der Waals surface area contributed by atoms with Gasteiger partial charge in [-0.2, -0.15) is 5.10 Å². The second-order valence-corrected chi connectivity index (χ2v) is 5.44. The minimum atomic E-state index is -0.185. The summed E-state index contributed by atoms with van der Waals surface area (Å²) in [5.74, 6) is 0. The van der Waals surface area contributed by atoms with Crippen LogP contribution in [0.2, 0.25) is 5.02 Å². The van der Waals surface area contributed by atoms with Crippen LogP contribution in [0.5, 0.6) is 0 Å². The summed E-state index contributed by atoms with van der Waals surface area (Å²) in [5, 5.41) is 4.86. The van der Waals surface area contributed by atoms with Crippen molar-refractivity contribution in [2.45, 2.75) is 32.9 Å². The molecular formula is C12H16ClN3S. The molecule has 2 aromatic rings. The van der Waals surface area contributed by atoms with Gasteiger partial charge in [0.15, 0.2) is 0 Å². The zero-order chi connectivity index (χ0) is 12.4. The molecule has 0 aliphatic rings. The third-order valence-electron chi connectivity index (χ3n) is 2.76. The number of halogens is 1. The molecule has 2 aromatic heterocycles. The highest BCUT2D eigenvalue weighted by Crippen LogP contribution is 2.30. The van der Waals surface area contributed by atoms with E-state index in [-0.39, 0.29) is 6.04 Å². The molecule has 0 bridgehead atoms. The predicted octanol–water partition coefficient (Wildman–Crippen LogP) is 3.23. The highest BCUT2D eigenvalue weighted by Gasteiger charge is 2.19. The van der Waals surface area contributed by atoms with Gasteiger partial charge in [-0.1, -0.05) is 18.5 Å². The number of hydrogen-bond donors (Lipinski definition) is 1. The maximum atomic E-state index is 6.27. The molecule has 0 radical (unpaired) electrons. The van der Waals surface area contributed by atoms with Crippen molar-refractivity contribution in [1.29, 1.82) is 0 Å². The van der Waals surface area contributed by atoms with E-state index < -0.39 is 0 Å². The summed E-state index contributed by atoms with van der Waals surface area (Å²) in [4.78, 5) is 2.48. The molecule has 0 amide bonds. The fourth-order valence-electron chi connectivity index (χ4n) is 1.82. The quantitative estimate of drug-likeness (QED) is 0.926. The lowest BCUT2D eigenvalue weighted by Crippen LogP contribution is -2.16. The first-order chi connectivity index (χ1) is 8.17. The standard InChI is InChI=1S/C12H16ClN3S/c1-3-8-5-6-10(17-8)11(14)12-9(13)7-15-16(12)4-2/h5-7,11H,3-4,14H2,1-2H3. The lowest BCUT2D eigenvalue weighted by Gasteiger charge is -2.12. The van der Waals surface area contributed by atoms with Gasteiger partial charge >= 0.3 is 0 Å². The minimum absolute atomic E-state index is 0.185. The third-order valence-corrected chi connectivity index (χ3v) is 4.37. The molecule has 2 heterocycles. The summed E-state index contributed by atoms with van der Waals surface area (Å²) >= 11 is 7.89. The highest BCUT2D eigenvalue weighted by molar-refractivity contribution is 7.12. The van der Waals surface area contributed by atoms with E-state index in [1.54, 1.807) is 17.5 Å². The van der Waals surface area contributed by atoms with Crippen LogP contribution in [0.25, 0.3) is 0 Å². The van der Waals surface area contributed by atoms with Crippen LogP contribution in [-0.4, -0.2) is 9.78 Å². The first-order valence-electron chi connectivity index (χ1n) is 5.72. The average Bonchev–Trinajstić information content (AvgIpc) is 2.94. The summed E-state index contributed by atoms with van der Waals surface area (Å²) in [5.41, 5.74) is 7.17. The van der Waals surface area contributed by atoms with Crippen molar-refractivity contribution >= 4 is 22.9 Å². The molecule has 0 saturated carbocycles. The van der Waals surface area contributed by atoms with Crippen LogP contribution in [0.1, 0.15) is 35.3 Å². The predicted molar refractivity (Wildman–Crippen MR) is 72.6 cm³/mol. The zero-order valence-electron chi connectivity index (χ0n) is 9.98. The van der Waals surface area contributed by atoms with Gasteiger partial charge in [-0.3, -0.25) is 4.68 Å². The van der Waals surface area contributed by atoms with Crippen LogP contribution < -0.4 is 5.73 Å². The van der Waals surface area contributed by atoms with Crippen LogP contribution in [0.4, 0.5) is 0 Å². The number of rotatable bonds is 4. The Bertz CT molecular complexity index is 504. The number of aryl methyl sites for hydroxylation is 2. The minimum Gasteiger partial charge on any atom is -0.318 e. The molecule has 2 N–H and O–H groups in total. The van der Waals surface area contributed by atoms with E-state index in [1.807, 2.05) is 11.6 Å². The maximum absolute atomic E-state index is 6.27. The Hall–Kier alpha value is -0.840. The Kier molecular flexibility index (Phi) is 3.86. The molecule has 0 aliphatic heterocycles. The van der Waals surface area contributed by atoms with E-state index in [0.717, 1.165) is 23.5 Å². The monoisotopic (exact) mass is 269 g/mol. The van der Waals surface area contributed by atoms with Crippen LogP contribution in [-0.2, 0) is 13.0 Å². The Morgan fingerprint density at radius 1 is 1.47 bits per heavy atom. The third kappa shape index (κ3) is 2.39. The van der Waals surface area contributed by atoms with Crippen LogP contribution in [0, 0.1) is 0 Å². The molecule has 2 rings (SSSR count). The Labute approximate surface area is 110 Å². The topological polar surface area (TPSA) is 43.8 Å². The number of nitrogens with two attached hydrogens (primary N) is 1. The van der Waals surface area contributed by atoms with Crippen molar-refractivity contribution in [3.05, 3.63) is 38.8 Å². The zero-order valence-corrected chi connectivity index (χ0v) is 11.6. The van der Waals surface area contributed by atoms with Gasteiger partial charge in [-0.15, -0.1) is 11.3 Å². The van der Waals surface area contributed by atoms with Gasteiger partial charge in [0.05, 0.1) is 23.0 Å². The Balaban J connectivity index is 2.35. The normalized spacial score (nSPS) is 12.9. The fourth-order valence-corrected chi connectivity index (χ4v) is 3.04. The first kappa shape index (κ1) is 12.6. The highest BCUT2D eigenvalue weighted by atomic mass is 35.5. The number of thiophene rings is 1. The molecule has 1 unspecified atom stereocenters.